The van der Waals surface area contributed by atoms with Gasteiger partial charge in [0.2, 0.25) is 5.91 Å². The van der Waals surface area contributed by atoms with Crippen molar-refractivity contribution in [1.29, 1.82) is 0 Å². The van der Waals surface area contributed by atoms with Gasteiger partial charge in [0, 0.05) is 12.5 Å². The predicted molar refractivity (Wildman–Crippen MR) is 74.3 cm³/mol. The maximum absolute atomic E-state index is 11.5. The molecule has 0 aromatic heterocycles. The van der Waals surface area contributed by atoms with Crippen LogP contribution in [0.25, 0.3) is 0 Å². The van der Waals surface area contributed by atoms with Crippen molar-refractivity contribution in [3.05, 3.63) is 29.3 Å². The van der Waals surface area contributed by atoms with Gasteiger partial charge in [0.1, 0.15) is 5.75 Å². The minimum absolute atomic E-state index is 0.249. The Hall–Kier alpha value is -1.51. The van der Waals surface area contributed by atoms with Gasteiger partial charge in [0.05, 0.1) is 6.61 Å². The molecule has 1 heterocycles. The molecular formula is C16H21NO2. The Labute approximate surface area is 114 Å². The van der Waals surface area contributed by atoms with Gasteiger partial charge in [0.25, 0.3) is 0 Å². The molecule has 0 bridgehead atoms. The molecule has 3 heteroatoms. The predicted octanol–water partition coefficient (Wildman–Crippen LogP) is 2.47. The largest absolute Gasteiger partial charge is 0.493 e. The zero-order valence-corrected chi connectivity index (χ0v) is 11.3. The topological polar surface area (TPSA) is 38.3 Å². The van der Waals surface area contributed by atoms with Crippen molar-refractivity contribution in [2.45, 2.75) is 38.5 Å². The van der Waals surface area contributed by atoms with E-state index in [1.807, 2.05) is 0 Å². The Bertz CT molecular complexity index is 466. The van der Waals surface area contributed by atoms with Crippen molar-refractivity contribution in [1.82, 2.24) is 5.32 Å². The van der Waals surface area contributed by atoms with Crippen LogP contribution in [0.15, 0.2) is 18.2 Å². The van der Waals surface area contributed by atoms with Crippen molar-refractivity contribution in [3.63, 3.8) is 0 Å². The van der Waals surface area contributed by atoms with Crippen molar-refractivity contribution < 1.29 is 9.53 Å². The SMILES string of the molecule is O=C(NCCCc1cccc2c1CCCO2)C1CC1. The molecule has 2 aliphatic rings. The third kappa shape index (κ3) is 3.09. The first kappa shape index (κ1) is 12.5. The Morgan fingerprint density at radius 1 is 1.37 bits per heavy atom. The molecule has 0 saturated heterocycles. The van der Waals surface area contributed by atoms with Crippen LogP contribution >= 0.6 is 0 Å². The van der Waals surface area contributed by atoms with Crippen LogP contribution in [0.3, 0.4) is 0 Å². The fourth-order valence-electron chi connectivity index (χ4n) is 2.68. The summed E-state index contributed by atoms with van der Waals surface area (Å²) >= 11 is 0. The maximum atomic E-state index is 11.5. The van der Waals surface area contributed by atoms with Gasteiger partial charge < -0.3 is 10.1 Å². The third-order valence-electron chi connectivity index (χ3n) is 3.93. The normalized spacial score (nSPS) is 17.5. The van der Waals surface area contributed by atoms with Crippen molar-refractivity contribution >= 4 is 5.91 Å². The first-order valence-corrected chi connectivity index (χ1v) is 7.36. The average Bonchev–Trinajstić information content (AvgIpc) is 3.28. The average molecular weight is 259 g/mol. The highest BCUT2D eigenvalue weighted by Crippen LogP contribution is 2.29. The van der Waals surface area contributed by atoms with E-state index in [0.717, 1.165) is 57.4 Å². The lowest BCUT2D eigenvalue weighted by Crippen LogP contribution is -2.26. The molecule has 0 unspecified atom stereocenters. The molecule has 1 aromatic rings. The number of aryl methyl sites for hydroxylation is 1. The smallest absolute Gasteiger partial charge is 0.223 e. The quantitative estimate of drug-likeness (QED) is 0.825. The second kappa shape index (κ2) is 5.64. The molecule has 3 nitrogen and oxygen atoms in total. The van der Waals surface area contributed by atoms with Crippen LogP contribution in [-0.2, 0) is 17.6 Å². The van der Waals surface area contributed by atoms with E-state index in [-0.39, 0.29) is 5.91 Å². The summed E-state index contributed by atoms with van der Waals surface area (Å²) in [5, 5.41) is 3.02. The van der Waals surface area contributed by atoms with Gasteiger partial charge in [-0.25, -0.2) is 0 Å². The van der Waals surface area contributed by atoms with Gasteiger partial charge in [0.15, 0.2) is 0 Å². The van der Waals surface area contributed by atoms with Crippen molar-refractivity contribution in [2.75, 3.05) is 13.2 Å². The monoisotopic (exact) mass is 259 g/mol. The number of benzene rings is 1. The van der Waals surface area contributed by atoms with E-state index in [0.29, 0.717) is 5.92 Å². The van der Waals surface area contributed by atoms with Crippen LogP contribution in [-0.4, -0.2) is 19.1 Å². The zero-order valence-electron chi connectivity index (χ0n) is 11.3. The summed E-state index contributed by atoms with van der Waals surface area (Å²) in [6.45, 7) is 1.63. The molecule has 0 atom stereocenters. The van der Waals surface area contributed by atoms with Crippen LogP contribution in [0, 0.1) is 5.92 Å². The third-order valence-corrected chi connectivity index (χ3v) is 3.93. The molecule has 1 aromatic carbocycles. The summed E-state index contributed by atoms with van der Waals surface area (Å²) < 4.78 is 5.68. The molecule has 1 saturated carbocycles. The number of ether oxygens (including phenoxy) is 1. The highest BCUT2D eigenvalue weighted by molar-refractivity contribution is 5.80. The first-order valence-electron chi connectivity index (χ1n) is 7.36. The minimum atomic E-state index is 0.249. The van der Waals surface area contributed by atoms with E-state index in [4.69, 9.17) is 4.74 Å². The number of nitrogens with one attached hydrogen (secondary N) is 1. The summed E-state index contributed by atoms with van der Waals surface area (Å²) in [5.41, 5.74) is 2.76. The zero-order chi connectivity index (χ0) is 13.1. The number of amides is 1. The van der Waals surface area contributed by atoms with Gasteiger partial charge in [-0.3, -0.25) is 4.79 Å². The van der Waals surface area contributed by atoms with E-state index < -0.39 is 0 Å². The van der Waals surface area contributed by atoms with Crippen LogP contribution in [0.4, 0.5) is 0 Å². The molecule has 102 valence electrons. The summed E-state index contributed by atoms with van der Waals surface area (Å²) in [6, 6.07) is 6.32. The Balaban J connectivity index is 1.50. The minimum Gasteiger partial charge on any atom is -0.493 e. The number of hydrogen-bond donors (Lipinski definition) is 1. The van der Waals surface area contributed by atoms with E-state index in [1.165, 1.54) is 11.1 Å². The van der Waals surface area contributed by atoms with Gasteiger partial charge >= 0.3 is 0 Å². The Morgan fingerprint density at radius 3 is 3.11 bits per heavy atom. The number of fused-ring (bicyclic) bond motifs is 1. The molecule has 1 aliphatic carbocycles. The molecule has 1 aliphatic heterocycles. The number of carbonyl (C=O) groups excluding carboxylic acids is 1. The molecule has 1 amide bonds. The summed E-state index contributed by atoms with van der Waals surface area (Å²) in [5.74, 6) is 1.63. The molecule has 0 spiro atoms. The fraction of sp³-hybridized carbons (Fsp3) is 0.562. The first-order chi connectivity index (χ1) is 9.34. The Kier molecular flexibility index (Phi) is 3.72. The molecule has 19 heavy (non-hydrogen) atoms. The van der Waals surface area contributed by atoms with E-state index in [1.54, 1.807) is 0 Å². The van der Waals surface area contributed by atoms with Crippen LogP contribution < -0.4 is 10.1 Å². The summed E-state index contributed by atoms with van der Waals surface area (Å²) in [6.07, 6.45) is 6.43. The second-order valence-corrected chi connectivity index (χ2v) is 5.51. The standard InChI is InChI=1S/C16H21NO2/c18-16(13-8-9-13)17-10-2-5-12-4-1-7-15-14(12)6-3-11-19-15/h1,4,7,13H,2-3,5-6,8-11H2,(H,17,18). The van der Waals surface area contributed by atoms with Crippen LogP contribution in [0.2, 0.25) is 0 Å². The lowest BCUT2D eigenvalue weighted by Gasteiger charge is -2.20. The summed E-state index contributed by atoms with van der Waals surface area (Å²) in [4.78, 5) is 11.5. The van der Waals surface area contributed by atoms with Gasteiger partial charge in [-0.2, -0.15) is 0 Å². The summed E-state index contributed by atoms with van der Waals surface area (Å²) in [7, 11) is 0. The lowest BCUT2D eigenvalue weighted by atomic mass is 9.97. The fourth-order valence-corrected chi connectivity index (χ4v) is 2.68. The van der Waals surface area contributed by atoms with E-state index in [9.17, 15) is 4.79 Å². The highest BCUT2D eigenvalue weighted by Gasteiger charge is 2.28. The molecule has 1 N–H and O–H groups in total. The molecular weight excluding hydrogens is 238 g/mol. The molecule has 0 radical (unpaired) electrons. The van der Waals surface area contributed by atoms with Crippen molar-refractivity contribution in [3.8, 4) is 5.75 Å². The van der Waals surface area contributed by atoms with Gasteiger partial charge in [-0.1, -0.05) is 12.1 Å². The van der Waals surface area contributed by atoms with Crippen molar-refractivity contribution in [2.24, 2.45) is 5.92 Å². The lowest BCUT2D eigenvalue weighted by molar-refractivity contribution is -0.122. The van der Waals surface area contributed by atoms with Crippen LogP contribution in [0.5, 0.6) is 5.75 Å². The number of rotatable bonds is 5. The van der Waals surface area contributed by atoms with Gasteiger partial charge in [-0.05, 0) is 55.7 Å². The van der Waals surface area contributed by atoms with Gasteiger partial charge in [-0.15, -0.1) is 0 Å². The molecule has 3 rings (SSSR count). The van der Waals surface area contributed by atoms with Crippen LogP contribution in [0.1, 0.15) is 36.8 Å². The number of carbonyl (C=O) groups is 1. The van der Waals surface area contributed by atoms with E-state index in [2.05, 4.69) is 23.5 Å². The maximum Gasteiger partial charge on any atom is 0.223 e. The highest BCUT2D eigenvalue weighted by atomic mass is 16.5. The Morgan fingerprint density at radius 2 is 2.26 bits per heavy atom. The number of hydrogen-bond acceptors (Lipinski definition) is 2. The van der Waals surface area contributed by atoms with E-state index >= 15 is 0 Å². The molecule has 1 fully saturated rings. The second-order valence-electron chi connectivity index (χ2n) is 5.51.